The first-order valence-corrected chi connectivity index (χ1v) is 10.1. The van der Waals surface area contributed by atoms with Gasteiger partial charge in [0.1, 0.15) is 0 Å². The van der Waals surface area contributed by atoms with Gasteiger partial charge in [0, 0.05) is 25.2 Å². The molecule has 0 aromatic heterocycles. The fraction of sp³-hybridized carbons (Fsp3) is 0.381. The van der Waals surface area contributed by atoms with Crippen molar-refractivity contribution in [2.24, 2.45) is 0 Å². The van der Waals surface area contributed by atoms with Crippen LogP contribution in [0.2, 0.25) is 0 Å². The number of carboxylic acid groups (broad SMARTS) is 1. The molecule has 0 bridgehead atoms. The first-order valence-electron chi connectivity index (χ1n) is 10.1. The molecule has 0 aliphatic carbocycles. The van der Waals surface area contributed by atoms with Gasteiger partial charge in [-0.05, 0) is 48.2 Å². The Balaban J connectivity index is 1.68. The lowest BCUT2D eigenvalue weighted by Crippen LogP contribution is -2.30. The van der Waals surface area contributed by atoms with Crippen LogP contribution in [0.15, 0.2) is 30.3 Å². The van der Waals surface area contributed by atoms with Gasteiger partial charge in [-0.25, -0.2) is 4.79 Å². The van der Waals surface area contributed by atoms with Crippen molar-refractivity contribution >= 4 is 11.8 Å². The highest BCUT2D eigenvalue weighted by Crippen LogP contribution is 2.47. The molecule has 2 aliphatic rings. The smallest absolute Gasteiger partial charge is 0.465 e. The average molecular weight is 512 g/mol. The Bertz CT molecular complexity index is 1120. The van der Waals surface area contributed by atoms with E-state index >= 15 is 0 Å². The summed E-state index contributed by atoms with van der Waals surface area (Å²) in [7, 11) is 0. The molecule has 4 rings (SSSR count). The predicted molar refractivity (Wildman–Crippen MR) is 103 cm³/mol. The highest BCUT2D eigenvalue weighted by molar-refractivity contribution is 5.88. The van der Waals surface area contributed by atoms with E-state index in [-0.39, 0.29) is 48.0 Å². The lowest BCUT2D eigenvalue weighted by atomic mass is 9.99. The largest absolute Gasteiger partial charge is 0.586 e. The van der Waals surface area contributed by atoms with Crippen molar-refractivity contribution in [1.29, 1.82) is 0 Å². The molecular formula is C21H16F8N2O4. The van der Waals surface area contributed by atoms with Gasteiger partial charge < -0.3 is 19.9 Å². The van der Waals surface area contributed by atoms with E-state index in [0.717, 1.165) is 17.0 Å². The molecule has 0 unspecified atom stereocenters. The number of anilines is 1. The Hall–Kier alpha value is -3.29. The molecule has 2 aromatic carbocycles. The average Bonchev–Trinajstić information content (AvgIpc) is 2.91. The second-order valence-corrected chi connectivity index (χ2v) is 7.95. The number of ether oxygens (including phenoxy) is 2. The number of nitrogens with zero attached hydrogens (tertiary/aromatic N) is 1. The highest BCUT2D eigenvalue weighted by atomic mass is 19.4. The highest BCUT2D eigenvalue weighted by Gasteiger charge is 2.45. The molecule has 0 fully saturated rings. The molecule has 2 aliphatic heterocycles. The molecule has 14 heteroatoms. The first kappa shape index (κ1) is 24.8. The van der Waals surface area contributed by atoms with Crippen LogP contribution in [-0.4, -0.2) is 24.0 Å². The fourth-order valence-corrected chi connectivity index (χ4v) is 4.02. The van der Waals surface area contributed by atoms with E-state index in [0.29, 0.717) is 12.1 Å². The van der Waals surface area contributed by atoms with Gasteiger partial charge in [-0.3, -0.25) is 4.90 Å². The van der Waals surface area contributed by atoms with E-state index in [4.69, 9.17) is 0 Å². The summed E-state index contributed by atoms with van der Waals surface area (Å²) in [5.41, 5.74) is -3.14. The van der Waals surface area contributed by atoms with Gasteiger partial charge in [-0.2, -0.15) is 26.3 Å². The second kappa shape index (κ2) is 8.43. The van der Waals surface area contributed by atoms with Crippen LogP contribution >= 0.6 is 0 Å². The number of hydrogen-bond acceptors (Lipinski definition) is 4. The van der Waals surface area contributed by atoms with Crippen LogP contribution in [0.4, 0.5) is 45.6 Å². The Morgan fingerprint density at radius 1 is 1.00 bits per heavy atom. The van der Waals surface area contributed by atoms with E-state index in [1.165, 1.54) is 0 Å². The summed E-state index contributed by atoms with van der Waals surface area (Å²) in [6.07, 6.45) is -14.9. The van der Waals surface area contributed by atoms with Crippen molar-refractivity contribution in [2.75, 3.05) is 11.4 Å². The summed E-state index contributed by atoms with van der Waals surface area (Å²) in [5, 5.41) is 12.4. The van der Waals surface area contributed by atoms with Crippen LogP contribution < -0.4 is 19.7 Å². The number of hydrogen-bond donors (Lipinski definition) is 2. The van der Waals surface area contributed by atoms with E-state index in [1.54, 1.807) is 0 Å². The molecule has 1 amide bonds. The van der Waals surface area contributed by atoms with Gasteiger partial charge in [-0.15, -0.1) is 8.78 Å². The van der Waals surface area contributed by atoms with Crippen LogP contribution in [0.5, 0.6) is 11.5 Å². The van der Waals surface area contributed by atoms with Gasteiger partial charge in [0.25, 0.3) is 0 Å². The van der Waals surface area contributed by atoms with E-state index in [1.807, 2.05) is 0 Å². The molecule has 2 N–H and O–H groups in total. The molecule has 2 aromatic rings. The molecule has 0 saturated heterocycles. The number of fused-ring (bicyclic) bond motifs is 2. The molecule has 0 radical (unpaired) electrons. The van der Waals surface area contributed by atoms with Crippen LogP contribution in [0.3, 0.4) is 0 Å². The maximum absolute atomic E-state index is 13.5. The topological polar surface area (TPSA) is 71.0 Å². The first-order chi connectivity index (χ1) is 16.1. The minimum atomic E-state index is -5.02. The molecule has 190 valence electrons. The van der Waals surface area contributed by atoms with Crippen molar-refractivity contribution in [1.82, 2.24) is 5.32 Å². The van der Waals surface area contributed by atoms with Crippen molar-refractivity contribution in [3.05, 3.63) is 52.6 Å². The Labute approximate surface area is 192 Å². The lowest BCUT2D eigenvalue weighted by Gasteiger charge is -2.23. The zero-order chi connectivity index (χ0) is 25.8. The normalized spacial score (nSPS) is 19.3. The lowest BCUT2D eigenvalue weighted by molar-refractivity contribution is -0.286. The number of benzene rings is 2. The third-order valence-electron chi connectivity index (χ3n) is 5.52. The molecule has 0 saturated carbocycles. The number of alkyl halides is 8. The SMILES string of the molecule is O=C(O)N1CCC[C@H](NCc2cc(C(F)(F)F)cc(C(F)(F)F)c2)c2cc3c(cc21)OC(F)(F)O3. The summed E-state index contributed by atoms with van der Waals surface area (Å²) in [6, 6.07) is 2.52. The van der Waals surface area contributed by atoms with Crippen LogP contribution in [0, 0.1) is 0 Å². The summed E-state index contributed by atoms with van der Waals surface area (Å²) >= 11 is 0. The summed E-state index contributed by atoms with van der Waals surface area (Å²) < 4.78 is 115. The van der Waals surface area contributed by atoms with Crippen molar-refractivity contribution in [3.63, 3.8) is 0 Å². The number of rotatable bonds is 3. The minimum absolute atomic E-state index is 0.00992. The van der Waals surface area contributed by atoms with Gasteiger partial charge in [0.2, 0.25) is 0 Å². The number of carbonyl (C=O) groups is 1. The quantitative estimate of drug-likeness (QED) is 0.483. The summed E-state index contributed by atoms with van der Waals surface area (Å²) in [5.74, 6) is -0.792. The van der Waals surface area contributed by atoms with E-state index in [9.17, 15) is 45.0 Å². The van der Waals surface area contributed by atoms with Crippen molar-refractivity contribution < 1.29 is 54.5 Å². The molecule has 35 heavy (non-hydrogen) atoms. The third-order valence-corrected chi connectivity index (χ3v) is 5.52. The van der Waals surface area contributed by atoms with Gasteiger partial charge >= 0.3 is 24.7 Å². The monoisotopic (exact) mass is 512 g/mol. The maximum atomic E-state index is 13.5. The molecule has 0 spiro atoms. The zero-order valence-corrected chi connectivity index (χ0v) is 17.4. The van der Waals surface area contributed by atoms with Gasteiger partial charge in [0.05, 0.1) is 16.8 Å². The van der Waals surface area contributed by atoms with Crippen molar-refractivity contribution in [2.45, 2.75) is 44.1 Å². The predicted octanol–water partition coefficient (Wildman–Crippen LogP) is 6.15. The zero-order valence-electron chi connectivity index (χ0n) is 17.4. The van der Waals surface area contributed by atoms with Crippen molar-refractivity contribution in [3.8, 4) is 11.5 Å². The van der Waals surface area contributed by atoms with E-state index < -0.39 is 54.2 Å². The second-order valence-electron chi connectivity index (χ2n) is 7.95. The molecular weight excluding hydrogens is 496 g/mol. The molecule has 6 nitrogen and oxygen atoms in total. The molecule has 2 heterocycles. The Morgan fingerprint density at radius 2 is 1.57 bits per heavy atom. The Kier molecular flexibility index (Phi) is 5.98. The van der Waals surface area contributed by atoms with Gasteiger partial charge in [0.15, 0.2) is 11.5 Å². The minimum Gasteiger partial charge on any atom is -0.465 e. The standard InChI is InChI=1S/C21H16F8N2O4/c22-19(23,24)11-4-10(5-12(6-11)20(25,26)27)9-30-14-2-1-3-31(18(32)33)15-8-17-16(7-13(14)15)34-21(28,29)35-17/h4-8,14,30H,1-3,9H2,(H,32,33)/t14-/m0/s1. The van der Waals surface area contributed by atoms with Crippen LogP contribution in [-0.2, 0) is 18.9 Å². The fourth-order valence-electron chi connectivity index (χ4n) is 4.02. The van der Waals surface area contributed by atoms with Gasteiger partial charge in [-0.1, -0.05) is 0 Å². The maximum Gasteiger partial charge on any atom is 0.586 e. The number of amides is 1. The molecule has 1 atom stereocenters. The van der Waals surface area contributed by atoms with E-state index in [2.05, 4.69) is 14.8 Å². The summed E-state index contributed by atoms with van der Waals surface area (Å²) in [4.78, 5) is 12.6. The Morgan fingerprint density at radius 3 is 2.11 bits per heavy atom. The number of nitrogens with one attached hydrogen (secondary N) is 1. The number of halogens is 8. The van der Waals surface area contributed by atoms with Crippen LogP contribution in [0.1, 0.15) is 41.1 Å². The van der Waals surface area contributed by atoms with Crippen LogP contribution in [0.25, 0.3) is 0 Å². The summed E-state index contributed by atoms with van der Waals surface area (Å²) in [6.45, 7) is -0.479. The third kappa shape index (κ3) is 5.21.